The van der Waals surface area contributed by atoms with E-state index in [9.17, 15) is 31.1 Å². The van der Waals surface area contributed by atoms with E-state index in [1.807, 2.05) is 37.3 Å². The zero-order valence-corrected chi connectivity index (χ0v) is 17.6. The number of hydrogen-bond acceptors (Lipinski definition) is 2. The molecule has 1 aliphatic rings. The van der Waals surface area contributed by atoms with Gasteiger partial charge in [-0.1, -0.05) is 43.7 Å². The van der Waals surface area contributed by atoms with Gasteiger partial charge in [0.25, 0.3) is 0 Å². The lowest BCUT2D eigenvalue weighted by Gasteiger charge is -2.38. The summed E-state index contributed by atoms with van der Waals surface area (Å²) in [6, 6.07) is 10.1. The Kier molecular flexibility index (Phi) is 7.32. The van der Waals surface area contributed by atoms with Crippen LogP contribution >= 0.6 is 0 Å². The maximum atomic E-state index is 13.4. The van der Waals surface area contributed by atoms with E-state index in [1.54, 1.807) is 0 Å². The summed E-state index contributed by atoms with van der Waals surface area (Å²) in [6.45, 7) is 3.30. The molecular weight excluding hydrogens is 432 g/mol. The highest BCUT2D eigenvalue weighted by Gasteiger charge is 2.39. The number of nitrogens with zero attached hydrogens (tertiary/aromatic N) is 1. The normalized spacial score (nSPS) is 20.5. The molecule has 2 nitrogen and oxygen atoms in total. The first-order chi connectivity index (χ1) is 15.0. The van der Waals surface area contributed by atoms with Crippen LogP contribution in [0.4, 0.5) is 26.3 Å². The summed E-state index contributed by atoms with van der Waals surface area (Å²) in [5, 5.41) is 0. The van der Waals surface area contributed by atoms with Gasteiger partial charge >= 0.3 is 12.4 Å². The maximum absolute atomic E-state index is 13.4. The maximum Gasteiger partial charge on any atom is 0.416 e. The first-order valence-electron chi connectivity index (χ1n) is 10.6. The zero-order chi connectivity index (χ0) is 23.5. The van der Waals surface area contributed by atoms with Crippen LogP contribution in [0.2, 0.25) is 0 Å². The highest BCUT2D eigenvalue weighted by molar-refractivity contribution is 5.88. The predicted molar refractivity (Wildman–Crippen MR) is 109 cm³/mol. The van der Waals surface area contributed by atoms with Crippen molar-refractivity contribution in [3.63, 3.8) is 0 Å². The van der Waals surface area contributed by atoms with Gasteiger partial charge in [0, 0.05) is 5.92 Å². The van der Waals surface area contributed by atoms with Crippen molar-refractivity contribution in [1.82, 2.24) is 4.90 Å². The SMILES string of the molecule is CCCCN1CCC(Cc2cc(C(F)(F)F)cc(C(F)(F)F)c2)C(=O)C1c1ccccc1. The van der Waals surface area contributed by atoms with Gasteiger partial charge in [0.05, 0.1) is 17.2 Å². The summed E-state index contributed by atoms with van der Waals surface area (Å²) < 4.78 is 79.2. The van der Waals surface area contributed by atoms with Crippen LogP contribution in [0, 0.1) is 5.92 Å². The van der Waals surface area contributed by atoms with Crippen molar-refractivity contribution in [3.8, 4) is 0 Å². The third-order valence-corrected chi connectivity index (χ3v) is 5.85. The number of ketones is 1. The molecular formula is C24H25F6NO. The Labute approximate surface area is 183 Å². The number of halogens is 6. The van der Waals surface area contributed by atoms with Crippen LogP contribution in [0.1, 0.15) is 54.5 Å². The number of Topliss-reactive ketones (excluding diaryl/α,β-unsaturated/α-hetero) is 1. The van der Waals surface area contributed by atoms with Crippen molar-refractivity contribution >= 4 is 5.78 Å². The molecule has 2 unspecified atom stereocenters. The van der Waals surface area contributed by atoms with Crippen molar-refractivity contribution in [1.29, 1.82) is 0 Å². The molecule has 174 valence electrons. The second kappa shape index (κ2) is 9.65. The average molecular weight is 457 g/mol. The number of hydrogen-bond donors (Lipinski definition) is 0. The summed E-state index contributed by atoms with van der Waals surface area (Å²) in [5.41, 5.74) is -2.04. The van der Waals surface area contributed by atoms with E-state index >= 15 is 0 Å². The van der Waals surface area contributed by atoms with E-state index in [0.29, 0.717) is 19.5 Å². The first kappa shape index (κ1) is 24.3. The van der Waals surface area contributed by atoms with Crippen LogP contribution in [0.5, 0.6) is 0 Å². The lowest BCUT2D eigenvalue weighted by molar-refractivity contribution is -0.143. The molecule has 8 heteroatoms. The van der Waals surface area contributed by atoms with Crippen molar-refractivity contribution in [3.05, 3.63) is 70.8 Å². The highest BCUT2D eigenvalue weighted by Crippen LogP contribution is 2.38. The Balaban J connectivity index is 1.91. The van der Waals surface area contributed by atoms with Gasteiger partial charge in [0.2, 0.25) is 0 Å². The van der Waals surface area contributed by atoms with Crippen molar-refractivity contribution in [2.24, 2.45) is 5.92 Å². The lowest BCUT2D eigenvalue weighted by atomic mass is 9.81. The zero-order valence-electron chi connectivity index (χ0n) is 17.6. The summed E-state index contributed by atoms with van der Waals surface area (Å²) in [4.78, 5) is 15.4. The summed E-state index contributed by atoms with van der Waals surface area (Å²) in [7, 11) is 0. The van der Waals surface area contributed by atoms with Gasteiger partial charge < -0.3 is 0 Å². The number of alkyl halides is 6. The fourth-order valence-corrected chi connectivity index (χ4v) is 4.23. The minimum absolute atomic E-state index is 0.117. The molecule has 0 bridgehead atoms. The van der Waals surface area contributed by atoms with Gasteiger partial charge in [-0.3, -0.25) is 9.69 Å². The molecule has 0 spiro atoms. The molecule has 32 heavy (non-hydrogen) atoms. The summed E-state index contributed by atoms with van der Waals surface area (Å²) in [5.74, 6) is -0.813. The van der Waals surface area contributed by atoms with Gasteiger partial charge in [-0.05, 0) is 61.7 Å². The monoisotopic (exact) mass is 457 g/mol. The Morgan fingerprint density at radius 1 is 0.938 bits per heavy atom. The predicted octanol–water partition coefficient (Wildman–Crippen LogP) is 6.70. The molecule has 0 aliphatic carbocycles. The topological polar surface area (TPSA) is 20.3 Å². The van der Waals surface area contributed by atoms with Crippen LogP contribution in [0.3, 0.4) is 0 Å². The van der Waals surface area contributed by atoms with Gasteiger partial charge in [-0.25, -0.2) is 0 Å². The van der Waals surface area contributed by atoms with E-state index < -0.39 is 35.4 Å². The molecule has 0 aromatic heterocycles. The van der Waals surface area contributed by atoms with Crippen LogP contribution in [0.25, 0.3) is 0 Å². The number of unbranched alkanes of at least 4 members (excludes halogenated alkanes) is 1. The minimum atomic E-state index is -4.91. The van der Waals surface area contributed by atoms with Crippen molar-refractivity contribution < 1.29 is 31.1 Å². The van der Waals surface area contributed by atoms with E-state index in [-0.39, 0.29) is 23.8 Å². The quantitative estimate of drug-likeness (QED) is 0.450. The van der Waals surface area contributed by atoms with Crippen LogP contribution in [-0.2, 0) is 23.6 Å². The number of carbonyl (C=O) groups is 1. The fourth-order valence-electron chi connectivity index (χ4n) is 4.23. The number of likely N-dealkylation sites (tertiary alicyclic amines) is 1. The Morgan fingerprint density at radius 2 is 1.53 bits per heavy atom. The van der Waals surface area contributed by atoms with Crippen molar-refractivity contribution in [2.45, 2.75) is 51.0 Å². The van der Waals surface area contributed by atoms with Crippen LogP contribution < -0.4 is 0 Å². The molecule has 1 fully saturated rings. The molecule has 0 N–H and O–H groups in total. The standard InChI is InChI=1S/C24H25F6NO/c1-2-3-10-31-11-9-18(22(32)21(31)17-7-5-4-6-8-17)12-16-13-19(23(25,26)27)15-20(14-16)24(28,29)30/h4-8,13-15,18,21H,2-3,9-12H2,1H3. The minimum Gasteiger partial charge on any atom is -0.297 e. The molecule has 0 radical (unpaired) electrons. The summed E-state index contributed by atoms with van der Waals surface area (Å²) in [6.07, 6.45) is -7.74. The van der Waals surface area contributed by atoms with Crippen LogP contribution in [-0.4, -0.2) is 23.8 Å². The van der Waals surface area contributed by atoms with Gasteiger partial charge in [0.15, 0.2) is 5.78 Å². The Bertz CT molecular complexity index is 890. The molecule has 0 amide bonds. The largest absolute Gasteiger partial charge is 0.416 e. The van der Waals surface area contributed by atoms with Crippen molar-refractivity contribution in [2.75, 3.05) is 13.1 Å². The van der Waals surface area contributed by atoms with E-state index in [2.05, 4.69) is 4.90 Å². The molecule has 3 rings (SSSR count). The number of piperidine rings is 1. The number of benzene rings is 2. The number of rotatable bonds is 6. The lowest BCUT2D eigenvalue weighted by Crippen LogP contribution is -2.44. The highest BCUT2D eigenvalue weighted by atomic mass is 19.4. The first-order valence-corrected chi connectivity index (χ1v) is 10.6. The average Bonchev–Trinajstić information content (AvgIpc) is 2.73. The Hall–Kier alpha value is -2.35. The molecule has 1 saturated heterocycles. The van der Waals surface area contributed by atoms with Gasteiger partial charge in [-0.15, -0.1) is 0 Å². The smallest absolute Gasteiger partial charge is 0.297 e. The molecule has 2 aromatic rings. The second-order valence-corrected chi connectivity index (χ2v) is 8.21. The Morgan fingerprint density at radius 3 is 2.06 bits per heavy atom. The fraction of sp³-hybridized carbons (Fsp3) is 0.458. The molecule has 1 heterocycles. The van der Waals surface area contributed by atoms with E-state index in [4.69, 9.17) is 0 Å². The van der Waals surface area contributed by atoms with Gasteiger partial charge in [0.1, 0.15) is 0 Å². The summed E-state index contributed by atoms with van der Waals surface area (Å²) >= 11 is 0. The van der Waals surface area contributed by atoms with Gasteiger partial charge in [-0.2, -0.15) is 26.3 Å². The molecule has 0 saturated carbocycles. The number of carbonyl (C=O) groups excluding carboxylic acids is 1. The van der Waals surface area contributed by atoms with E-state index in [1.165, 1.54) is 0 Å². The third-order valence-electron chi connectivity index (χ3n) is 5.85. The molecule has 2 aromatic carbocycles. The van der Waals surface area contributed by atoms with Crippen LogP contribution in [0.15, 0.2) is 48.5 Å². The molecule has 2 atom stereocenters. The second-order valence-electron chi connectivity index (χ2n) is 8.21. The molecule has 1 aliphatic heterocycles. The third kappa shape index (κ3) is 5.71. The van der Waals surface area contributed by atoms with E-state index in [0.717, 1.165) is 30.5 Å².